The van der Waals surface area contributed by atoms with Crippen LogP contribution in [0.15, 0.2) is 36.9 Å². The third-order valence-corrected chi connectivity index (χ3v) is 6.17. The second kappa shape index (κ2) is 8.70. The third kappa shape index (κ3) is 3.97. The number of carbonyl (C=O) groups is 1. The fourth-order valence-corrected chi connectivity index (χ4v) is 4.30. The first-order valence-corrected chi connectivity index (χ1v) is 11.0. The van der Waals surface area contributed by atoms with E-state index in [4.69, 9.17) is 16.3 Å². The summed E-state index contributed by atoms with van der Waals surface area (Å²) in [7, 11) is 1.60. The second-order valence-electron chi connectivity index (χ2n) is 7.79. The first-order chi connectivity index (χ1) is 16.0. The highest BCUT2D eigenvalue weighted by molar-refractivity contribution is 6.32. The van der Waals surface area contributed by atoms with E-state index in [-0.39, 0.29) is 12.5 Å². The number of imidazole rings is 1. The van der Waals surface area contributed by atoms with Gasteiger partial charge in [-0.2, -0.15) is 5.10 Å². The molecule has 1 fully saturated rings. The largest absolute Gasteiger partial charge is 0.495 e. The molecular weight excluding hydrogens is 444 g/mol. The van der Waals surface area contributed by atoms with Crippen molar-refractivity contribution in [1.82, 2.24) is 34.6 Å². The van der Waals surface area contributed by atoms with Crippen LogP contribution in [-0.2, 0) is 11.3 Å². The maximum atomic E-state index is 13.1. The average molecular weight is 467 g/mol. The predicted octanol–water partition coefficient (Wildman–Crippen LogP) is 2.54. The number of aromatic nitrogens is 6. The number of hydrogen-bond donors (Lipinski definition) is 1. The zero-order chi connectivity index (χ0) is 22.9. The zero-order valence-electron chi connectivity index (χ0n) is 18.3. The second-order valence-corrected chi connectivity index (χ2v) is 8.20. The molecule has 4 aromatic rings. The first kappa shape index (κ1) is 21.2. The summed E-state index contributed by atoms with van der Waals surface area (Å²) in [5.74, 6) is 1.26. The molecular formula is C22H23ClN8O2. The molecule has 170 valence electrons. The van der Waals surface area contributed by atoms with Crippen molar-refractivity contribution in [2.45, 2.75) is 13.5 Å². The Kier molecular flexibility index (Phi) is 5.59. The van der Waals surface area contributed by atoms with Gasteiger partial charge in [0.25, 0.3) is 0 Å². The summed E-state index contributed by atoms with van der Waals surface area (Å²) in [6.07, 6.45) is 4.89. The van der Waals surface area contributed by atoms with E-state index in [9.17, 15) is 4.79 Å². The average Bonchev–Trinajstić information content (AvgIpc) is 3.49. The van der Waals surface area contributed by atoms with Gasteiger partial charge in [0.1, 0.15) is 24.3 Å². The number of anilines is 1. The van der Waals surface area contributed by atoms with E-state index in [0.29, 0.717) is 41.0 Å². The van der Waals surface area contributed by atoms with Crippen molar-refractivity contribution in [1.29, 1.82) is 0 Å². The van der Waals surface area contributed by atoms with Crippen LogP contribution in [0.3, 0.4) is 0 Å². The molecule has 0 atom stereocenters. The van der Waals surface area contributed by atoms with E-state index in [1.165, 1.54) is 6.33 Å². The van der Waals surface area contributed by atoms with E-state index in [2.05, 4.69) is 29.9 Å². The van der Waals surface area contributed by atoms with Crippen LogP contribution in [0.1, 0.15) is 5.69 Å². The molecule has 1 saturated heterocycles. The van der Waals surface area contributed by atoms with Crippen molar-refractivity contribution in [2.24, 2.45) is 0 Å². The Balaban J connectivity index is 1.32. The Labute approximate surface area is 195 Å². The molecule has 5 rings (SSSR count). The van der Waals surface area contributed by atoms with Gasteiger partial charge in [-0.05, 0) is 19.1 Å². The summed E-state index contributed by atoms with van der Waals surface area (Å²) >= 11 is 6.14. The molecule has 1 N–H and O–H groups in total. The lowest BCUT2D eigenvalue weighted by atomic mass is 10.2. The molecule has 0 radical (unpaired) electrons. The normalized spacial score (nSPS) is 14.2. The topological polar surface area (TPSA) is 105 Å². The summed E-state index contributed by atoms with van der Waals surface area (Å²) in [6, 6.07) is 5.72. The van der Waals surface area contributed by atoms with Crippen LogP contribution in [0.5, 0.6) is 5.75 Å². The minimum Gasteiger partial charge on any atom is -0.495 e. The SMILES string of the molecule is COc1cc(N2CCN(C(=O)Cn3nc(-c4ncc[nH]4)c4c(C)ncnc43)CC2)ccc1Cl. The Morgan fingerprint density at radius 3 is 2.73 bits per heavy atom. The Morgan fingerprint density at radius 2 is 2.00 bits per heavy atom. The number of aryl methyl sites for hydroxylation is 1. The lowest BCUT2D eigenvalue weighted by molar-refractivity contribution is -0.132. The minimum absolute atomic E-state index is 0.00463. The number of amides is 1. The number of hydrogen-bond acceptors (Lipinski definition) is 7. The lowest BCUT2D eigenvalue weighted by Crippen LogP contribution is -2.49. The van der Waals surface area contributed by atoms with Crippen LogP contribution < -0.4 is 9.64 Å². The van der Waals surface area contributed by atoms with Crippen molar-refractivity contribution in [3.63, 3.8) is 0 Å². The molecule has 0 bridgehead atoms. The standard InChI is InChI=1S/C22H23ClN8O2/c1-14-19-20(21-24-5-6-25-21)28-31(22(19)27-13-26-14)12-18(32)30-9-7-29(8-10-30)15-3-4-16(23)17(11-15)33-2/h3-6,11,13H,7-10,12H2,1-2H3,(H,24,25). The zero-order valence-corrected chi connectivity index (χ0v) is 19.1. The quantitative estimate of drug-likeness (QED) is 0.481. The molecule has 1 aliphatic heterocycles. The summed E-state index contributed by atoms with van der Waals surface area (Å²) in [6.45, 7) is 4.66. The van der Waals surface area contributed by atoms with E-state index >= 15 is 0 Å². The van der Waals surface area contributed by atoms with Crippen LogP contribution in [0, 0.1) is 6.92 Å². The van der Waals surface area contributed by atoms with Gasteiger partial charge in [0.2, 0.25) is 5.91 Å². The maximum absolute atomic E-state index is 13.1. The summed E-state index contributed by atoms with van der Waals surface area (Å²) in [5.41, 5.74) is 3.07. The number of benzene rings is 1. The number of fused-ring (bicyclic) bond motifs is 1. The number of halogens is 1. The molecule has 10 nitrogen and oxygen atoms in total. The smallest absolute Gasteiger partial charge is 0.244 e. The van der Waals surface area contributed by atoms with Crippen LogP contribution in [0.4, 0.5) is 5.69 Å². The number of rotatable bonds is 5. The van der Waals surface area contributed by atoms with Crippen LogP contribution in [0.2, 0.25) is 5.02 Å². The van der Waals surface area contributed by atoms with Crippen molar-refractivity contribution >= 4 is 34.2 Å². The van der Waals surface area contributed by atoms with Crippen LogP contribution >= 0.6 is 11.6 Å². The summed E-state index contributed by atoms with van der Waals surface area (Å²) in [4.78, 5) is 33.3. The predicted molar refractivity (Wildman–Crippen MR) is 124 cm³/mol. The molecule has 0 unspecified atom stereocenters. The van der Waals surface area contributed by atoms with Crippen LogP contribution in [-0.4, -0.2) is 73.8 Å². The van der Waals surface area contributed by atoms with E-state index in [1.807, 2.05) is 30.0 Å². The fourth-order valence-electron chi connectivity index (χ4n) is 4.11. The van der Waals surface area contributed by atoms with Crippen molar-refractivity contribution in [2.75, 3.05) is 38.2 Å². The molecule has 0 saturated carbocycles. The molecule has 1 aliphatic rings. The number of ether oxygens (including phenoxy) is 1. The van der Waals surface area contributed by atoms with Crippen molar-refractivity contribution in [3.8, 4) is 17.3 Å². The third-order valence-electron chi connectivity index (χ3n) is 5.86. The number of methoxy groups -OCH3 is 1. The van der Waals surface area contributed by atoms with E-state index in [0.717, 1.165) is 29.9 Å². The van der Waals surface area contributed by atoms with E-state index in [1.54, 1.807) is 24.2 Å². The van der Waals surface area contributed by atoms with Gasteiger partial charge < -0.3 is 19.5 Å². The highest BCUT2D eigenvalue weighted by atomic mass is 35.5. The molecule has 3 aromatic heterocycles. The number of nitrogens with one attached hydrogen (secondary N) is 1. The first-order valence-electron chi connectivity index (χ1n) is 10.6. The molecule has 1 aromatic carbocycles. The summed E-state index contributed by atoms with van der Waals surface area (Å²) in [5, 5.41) is 6.02. The molecule has 1 amide bonds. The maximum Gasteiger partial charge on any atom is 0.244 e. The van der Waals surface area contributed by atoms with Gasteiger partial charge in [0, 0.05) is 50.3 Å². The van der Waals surface area contributed by atoms with Crippen molar-refractivity contribution < 1.29 is 9.53 Å². The highest BCUT2D eigenvalue weighted by Gasteiger charge is 2.25. The summed E-state index contributed by atoms with van der Waals surface area (Å²) < 4.78 is 6.96. The van der Waals surface area contributed by atoms with Crippen LogP contribution in [0.25, 0.3) is 22.6 Å². The number of piperazine rings is 1. The molecule has 4 heterocycles. The number of nitrogens with zero attached hydrogens (tertiary/aromatic N) is 7. The molecule has 11 heteroatoms. The van der Waals surface area contributed by atoms with Crippen molar-refractivity contribution in [3.05, 3.63) is 47.6 Å². The van der Waals surface area contributed by atoms with Gasteiger partial charge in [-0.25, -0.2) is 19.6 Å². The Morgan fingerprint density at radius 1 is 1.18 bits per heavy atom. The highest BCUT2D eigenvalue weighted by Crippen LogP contribution is 2.30. The van der Waals surface area contributed by atoms with Gasteiger partial charge in [0.05, 0.1) is 23.2 Å². The van der Waals surface area contributed by atoms with Gasteiger partial charge >= 0.3 is 0 Å². The van der Waals surface area contributed by atoms with E-state index < -0.39 is 0 Å². The lowest BCUT2D eigenvalue weighted by Gasteiger charge is -2.36. The van der Waals surface area contributed by atoms with Gasteiger partial charge in [-0.3, -0.25) is 4.79 Å². The van der Waals surface area contributed by atoms with Gasteiger partial charge in [-0.15, -0.1) is 0 Å². The number of H-pyrrole nitrogens is 1. The fraction of sp³-hybridized carbons (Fsp3) is 0.318. The van der Waals surface area contributed by atoms with Gasteiger partial charge in [0.15, 0.2) is 11.5 Å². The Hall–Kier alpha value is -3.66. The monoisotopic (exact) mass is 466 g/mol. The minimum atomic E-state index is -0.00463. The molecule has 0 aliphatic carbocycles. The molecule has 33 heavy (non-hydrogen) atoms. The molecule has 0 spiro atoms. The Bertz CT molecular complexity index is 1300. The number of aromatic amines is 1. The van der Waals surface area contributed by atoms with Gasteiger partial charge in [-0.1, -0.05) is 11.6 Å². The number of carbonyl (C=O) groups excluding carboxylic acids is 1.